The number of carbonyl (C=O) groups excluding carboxylic acids is 1. The Morgan fingerprint density at radius 2 is 2.44 bits per heavy atom. The van der Waals surface area contributed by atoms with E-state index in [9.17, 15) is 14.3 Å². The second-order valence-electron chi connectivity index (χ2n) is 4.17. The third-order valence-corrected chi connectivity index (χ3v) is 3.55. The monoisotopic (exact) mass is 278 g/mol. The van der Waals surface area contributed by atoms with Crippen molar-refractivity contribution in [2.75, 3.05) is 5.88 Å². The van der Waals surface area contributed by atoms with Gasteiger partial charge in [-0.05, 0) is 0 Å². The number of amidine groups is 1. The van der Waals surface area contributed by atoms with Crippen LogP contribution in [0, 0.1) is 11.3 Å². The van der Waals surface area contributed by atoms with E-state index in [0.29, 0.717) is 6.21 Å². The number of ether oxygens (including phenoxy) is 1. The van der Waals surface area contributed by atoms with Crippen LogP contribution >= 0.6 is 11.6 Å². The number of rotatable bonds is 3. The number of amides is 2. The molecule has 2 amide bonds. The average molecular weight is 279 g/mol. The summed E-state index contributed by atoms with van der Waals surface area (Å²) in [5.74, 6) is -1.10. The number of nitrogens with two attached hydrogens (primary N) is 1. The van der Waals surface area contributed by atoms with Crippen LogP contribution in [0.5, 0.6) is 0 Å². The predicted octanol–water partition coefficient (Wildman–Crippen LogP) is -0.635. The van der Waals surface area contributed by atoms with Crippen molar-refractivity contribution >= 4 is 29.7 Å². The number of aliphatic hydroxyl groups excluding tert-OH is 1. The summed E-state index contributed by atoms with van der Waals surface area (Å²) in [5, 5.41) is 18.4. The lowest BCUT2D eigenvalue weighted by Crippen LogP contribution is -2.43. The summed E-state index contributed by atoms with van der Waals surface area (Å²) in [7, 11) is 0. The predicted molar refractivity (Wildman–Crippen MR) is 61.7 cm³/mol. The molecule has 0 spiro atoms. The Labute approximate surface area is 107 Å². The van der Waals surface area contributed by atoms with Gasteiger partial charge >= 0.3 is 6.03 Å². The molecular weight excluding hydrogens is 267 g/mol. The fourth-order valence-corrected chi connectivity index (χ4v) is 2.52. The maximum absolute atomic E-state index is 13.8. The second-order valence-corrected chi connectivity index (χ2v) is 4.44. The molecular formula is C9H12ClFN4O3. The van der Waals surface area contributed by atoms with Gasteiger partial charge in [0, 0.05) is 0 Å². The van der Waals surface area contributed by atoms with Crippen molar-refractivity contribution in [1.82, 2.24) is 5.32 Å². The minimum absolute atomic E-state index is 0.0580. The molecule has 1 saturated heterocycles. The molecule has 18 heavy (non-hydrogen) atoms. The molecule has 0 aromatic rings. The number of aliphatic imine (C=N–C) groups is 1. The van der Waals surface area contributed by atoms with Crippen LogP contribution in [0.25, 0.3) is 0 Å². The van der Waals surface area contributed by atoms with Crippen LogP contribution in [0.15, 0.2) is 4.99 Å². The van der Waals surface area contributed by atoms with Crippen molar-refractivity contribution in [2.24, 2.45) is 16.6 Å². The number of alkyl halides is 2. The van der Waals surface area contributed by atoms with Crippen molar-refractivity contribution < 1.29 is 19.0 Å². The third kappa shape index (κ3) is 1.86. The van der Waals surface area contributed by atoms with Gasteiger partial charge in [-0.25, -0.2) is 9.18 Å². The van der Waals surface area contributed by atoms with E-state index in [1.54, 1.807) is 0 Å². The Morgan fingerprint density at radius 3 is 2.94 bits per heavy atom. The average Bonchev–Trinajstić information content (AvgIpc) is 2.79. The molecule has 5 N–H and O–H groups in total. The molecule has 1 aliphatic carbocycles. The quantitative estimate of drug-likeness (QED) is 0.312. The number of halogens is 2. The summed E-state index contributed by atoms with van der Waals surface area (Å²) in [5.41, 5.74) is 4.03. The van der Waals surface area contributed by atoms with Gasteiger partial charge in [0.15, 0.2) is 12.4 Å². The zero-order valence-corrected chi connectivity index (χ0v) is 9.89. The highest BCUT2D eigenvalue weighted by Gasteiger charge is 2.76. The Morgan fingerprint density at radius 1 is 1.78 bits per heavy atom. The summed E-state index contributed by atoms with van der Waals surface area (Å²) in [4.78, 5) is 14.5. The molecule has 0 radical (unpaired) electrons. The highest BCUT2D eigenvalue weighted by atomic mass is 35.5. The second kappa shape index (κ2) is 4.45. The number of nitrogens with zero attached hydrogens (tertiary/aromatic N) is 1. The maximum atomic E-state index is 13.8. The van der Waals surface area contributed by atoms with Crippen LogP contribution in [0.3, 0.4) is 0 Å². The number of hydrogen-bond acceptors (Lipinski definition) is 4. The standard InChI is InChI=1S/C9H12ClFN4O3/c10-2-9-4(6(9)16)5(11)7(18-9)15-8(17)14-3(13)1-12/h1,4-7,12,16H,2H2,(H3,13,14,15,17)/t4?,5-,6?,7-,9+/m1/s1. The maximum Gasteiger partial charge on any atom is 0.345 e. The number of carbonyl (C=O) groups is 1. The van der Waals surface area contributed by atoms with Crippen molar-refractivity contribution in [3.8, 4) is 0 Å². The topological polar surface area (TPSA) is 121 Å². The van der Waals surface area contributed by atoms with Crippen LogP contribution in [0.4, 0.5) is 9.18 Å². The van der Waals surface area contributed by atoms with E-state index < -0.39 is 36.1 Å². The highest BCUT2D eigenvalue weighted by Crippen LogP contribution is 2.57. The van der Waals surface area contributed by atoms with E-state index in [-0.39, 0.29) is 11.7 Å². The van der Waals surface area contributed by atoms with Gasteiger partial charge in [-0.1, -0.05) is 0 Å². The molecule has 100 valence electrons. The van der Waals surface area contributed by atoms with Gasteiger partial charge in [0.1, 0.15) is 11.4 Å². The third-order valence-electron chi connectivity index (χ3n) is 3.13. The number of fused-ring (bicyclic) bond motifs is 1. The zero-order chi connectivity index (χ0) is 13.5. The van der Waals surface area contributed by atoms with E-state index in [0.717, 1.165) is 0 Å². The van der Waals surface area contributed by atoms with Gasteiger partial charge in [0.05, 0.1) is 24.1 Å². The number of urea groups is 1. The number of aliphatic hydroxyl groups is 1. The molecule has 1 saturated carbocycles. The van der Waals surface area contributed by atoms with Gasteiger partial charge in [-0.15, -0.1) is 11.6 Å². The van der Waals surface area contributed by atoms with Gasteiger partial charge in [0.25, 0.3) is 0 Å². The van der Waals surface area contributed by atoms with Crippen LogP contribution in [-0.2, 0) is 4.74 Å². The first kappa shape index (κ1) is 13.2. The van der Waals surface area contributed by atoms with Gasteiger partial charge in [0.2, 0.25) is 0 Å². The van der Waals surface area contributed by atoms with Crippen molar-refractivity contribution in [2.45, 2.75) is 24.1 Å². The van der Waals surface area contributed by atoms with Crippen molar-refractivity contribution in [3.63, 3.8) is 0 Å². The molecule has 7 nitrogen and oxygen atoms in total. The lowest BCUT2D eigenvalue weighted by Gasteiger charge is -2.19. The molecule has 0 aromatic carbocycles. The SMILES string of the molecule is N=C/C(N)=N\C(=O)N[C@@H]1O[C@]2(CCl)C(O)C2[C@H]1F. The minimum atomic E-state index is -1.56. The molecule has 2 unspecified atom stereocenters. The Balaban J connectivity index is 1.98. The largest absolute Gasteiger partial charge is 0.390 e. The fourth-order valence-electron chi connectivity index (χ4n) is 2.12. The highest BCUT2D eigenvalue weighted by molar-refractivity contribution is 6.29. The summed E-state index contributed by atoms with van der Waals surface area (Å²) in [6, 6.07) is -0.913. The lowest BCUT2D eigenvalue weighted by atomic mass is 10.2. The summed E-state index contributed by atoms with van der Waals surface area (Å²) in [6.07, 6.45) is -3.04. The van der Waals surface area contributed by atoms with Crippen LogP contribution in [-0.4, -0.2) is 53.2 Å². The Kier molecular flexibility index (Phi) is 3.26. The molecule has 9 heteroatoms. The molecule has 5 atom stereocenters. The smallest absolute Gasteiger partial charge is 0.345 e. The van der Waals surface area contributed by atoms with E-state index >= 15 is 0 Å². The summed E-state index contributed by atoms with van der Waals surface area (Å²) in [6.45, 7) is 0. The molecule has 2 aliphatic rings. The number of hydrogen-bond donors (Lipinski definition) is 4. The Hall–Kier alpha value is -1.25. The van der Waals surface area contributed by atoms with Crippen LogP contribution in [0.1, 0.15) is 0 Å². The first-order valence-electron chi connectivity index (χ1n) is 5.17. The van der Waals surface area contributed by atoms with E-state index in [1.165, 1.54) is 0 Å². The van der Waals surface area contributed by atoms with Crippen molar-refractivity contribution in [3.05, 3.63) is 0 Å². The molecule has 0 bridgehead atoms. The number of nitrogens with one attached hydrogen (secondary N) is 2. The zero-order valence-electron chi connectivity index (χ0n) is 9.14. The fraction of sp³-hybridized carbons (Fsp3) is 0.667. The van der Waals surface area contributed by atoms with Crippen LogP contribution in [0.2, 0.25) is 0 Å². The van der Waals surface area contributed by atoms with Gasteiger partial charge < -0.3 is 26.3 Å². The van der Waals surface area contributed by atoms with E-state index in [4.69, 9.17) is 27.5 Å². The van der Waals surface area contributed by atoms with Crippen molar-refractivity contribution in [1.29, 1.82) is 5.41 Å². The molecule has 2 rings (SSSR count). The lowest BCUT2D eigenvalue weighted by molar-refractivity contribution is -0.0505. The minimum Gasteiger partial charge on any atom is -0.390 e. The molecule has 1 heterocycles. The van der Waals surface area contributed by atoms with Gasteiger partial charge in [-0.3, -0.25) is 0 Å². The Bertz CT molecular complexity index is 421. The molecule has 2 fully saturated rings. The molecule has 0 aromatic heterocycles. The van der Waals surface area contributed by atoms with E-state index in [1.807, 2.05) is 0 Å². The normalized spacial score (nSPS) is 42.3. The summed E-state index contributed by atoms with van der Waals surface area (Å²) >= 11 is 5.62. The first-order valence-corrected chi connectivity index (χ1v) is 5.70. The van der Waals surface area contributed by atoms with E-state index in [2.05, 4.69) is 10.3 Å². The summed E-state index contributed by atoms with van der Waals surface area (Å²) < 4.78 is 19.0. The first-order chi connectivity index (χ1) is 8.46. The van der Waals surface area contributed by atoms with Gasteiger partial charge in [-0.2, -0.15) is 4.99 Å². The van der Waals surface area contributed by atoms with Crippen LogP contribution < -0.4 is 11.1 Å². The molecule has 1 aliphatic heterocycles.